The van der Waals surface area contributed by atoms with Crippen molar-refractivity contribution >= 4 is 43.9 Å². The summed E-state index contributed by atoms with van der Waals surface area (Å²) < 4.78 is 12.0. The molecule has 0 unspecified atom stereocenters. The van der Waals surface area contributed by atoms with E-state index in [1.54, 1.807) is 0 Å². The van der Waals surface area contributed by atoms with E-state index in [4.69, 9.17) is 8.83 Å². The Hall–Kier alpha value is -3.52. The van der Waals surface area contributed by atoms with E-state index in [9.17, 15) is 0 Å². The van der Waals surface area contributed by atoms with Crippen LogP contribution in [-0.2, 0) is 0 Å². The molecule has 0 amide bonds. The fourth-order valence-corrected chi connectivity index (χ4v) is 3.98. The molecule has 0 aliphatic carbocycles. The lowest BCUT2D eigenvalue weighted by Gasteiger charge is -2.02. The Bertz CT molecular complexity index is 1480. The molecule has 0 aliphatic rings. The van der Waals surface area contributed by atoms with Gasteiger partial charge in [-0.1, -0.05) is 42.0 Å². The summed E-state index contributed by atoms with van der Waals surface area (Å²) in [6.07, 6.45) is 0. The molecule has 128 valence electrons. The number of hydrogen-bond donors (Lipinski definition) is 0. The molecule has 0 aliphatic heterocycles. The maximum atomic E-state index is 6.00. The molecule has 2 heterocycles. The maximum absolute atomic E-state index is 6.00. The van der Waals surface area contributed by atoms with Crippen LogP contribution in [0.3, 0.4) is 0 Å². The predicted octanol–water partition coefficient (Wildman–Crippen LogP) is 7.46. The molecule has 0 spiro atoms. The van der Waals surface area contributed by atoms with E-state index in [1.807, 2.05) is 18.2 Å². The zero-order valence-electron chi connectivity index (χ0n) is 14.8. The average Bonchev–Trinajstić information content (AvgIpc) is 3.25. The van der Waals surface area contributed by atoms with Gasteiger partial charge in [-0.25, -0.2) is 0 Å². The lowest BCUT2D eigenvalue weighted by molar-refractivity contribution is 0.668. The van der Waals surface area contributed by atoms with Gasteiger partial charge in [-0.3, -0.25) is 0 Å². The third kappa shape index (κ3) is 2.13. The third-order valence-electron chi connectivity index (χ3n) is 5.33. The van der Waals surface area contributed by atoms with E-state index in [0.29, 0.717) is 0 Å². The minimum absolute atomic E-state index is 0.922. The van der Waals surface area contributed by atoms with Crippen molar-refractivity contribution < 1.29 is 8.83 Å². The predicted molar refractivity (Wildman–Crippen MR) is 111 cm³/mol. The normalized spacial score (nSPS) is 11.9. The SMILES string of the molecule is Cc1ccc2oc3ccc(-c4ccc5oc6ccccc6c5c4)cc3c2c1. The van der Waals surface area contributed by atoms with Crippen molar-refractivity contribution in [2.75, 3.05) is 0 Å². The van der Waals surface area contributed by atoms with Crippen LogP contribution >= 0.6 is 0 Å². The Balaban J connectivity index is 1.61. The summed E-state index contributed by atoms with van der Waals surface area (Å²) in [7, 11) is 0. The highest BCUT2D eigenvalue weighted by molar-refractivity contribution is 6.08. The molecule has 4 aromatic carbocycles. The summed E-state index contributed by atoms with van der Waals surface area (Å²) in [6, 6.07) is 27.3. The third-order valence-corrected chi connectivity index (χ3v) is 5.33. The molecule has 6 rings (SSSR count). The molecule has 0 fully saturated rings. The highest BCUT2D eigenvalue weighted by atomic mass is 16.3. The lowest BCUT2D eigenvalue weighted by atomic mass is 10.0. The first-order chi connectivity index (χ1) is 13.3. The van der Waals surface area contributed by atoms with Gasteiger partial charge in [-0.05, 0) is 60.5 Å². The second-order valence-electron chi connectivity index (χ2n) is 7.12. The summed E-state index contributed by atoms with van der Waals surface area (Å²) in [5.41, 5.74) is 7.30. The Labute approximate surface area is 155 Å². The highest BCUT2D eigenvalue weighted by Crippen LogP contribution is 2.35. The van der Waals surface area contributed by atoms with Crippen LogP contribution in [0.25, 0.3) is 55.0 Å². The van der Waals surface area contributed by atoms with Crippen LogP contribution < -0.4 is 0 Å². The van der Waals surface area contributed by atoms with Crippen molar-refractivity contribution in [3.63, 3.8) is 0 Å². The minimum atomic E-state index is 0.922. The quantitative estimate of drug-likeness (QED) is 0.308. The van der Waals surface area contributed by atoms with Gasteiger partial charge in [0.2, 0.25) is 0 Å². The maximum Gasteiger partial charge on any atom is 0.135 e. The summed E-state index contributed by atoms with van der Waals surface area (Å²) in [6.45, 7) is 2.11. The van der Waals surface area contributed by atoms with Gasteiger partial charge in [-0.15, -0.1) is 0 Å². The molecule has 0 bridgehead atoms. The Kier molecular flexibility index (Phi) is 2.84. The van der Waals surface area contributed by atoms with E-state index >= 15 is 0 Å². The standard InChI is InChI=1S/C25H16O2/c1-15-6-9-23-19(12-15)21-14-17(8-11-25(21)27-23)16-7-10-24-20(13-16)18-4-2-3-5-22(18)26-24/h2-14H,1H3. The first kappa shape index (κ1) is 14.6. The molecule has 6 aromatic rings. The molecular weight excluding hydrogens is 332 g/mol. The van der Waals surface area contributed by atoms with Crippen LogP contribution in [0, 0.1) is 6.92 Å². The molecule has 0 radical (unpaired) electrons. The number of aryl methyl sites for hydroxylation is 1. The molecule has 2 nitrogen and oxygen atoms in total. The van der Waals surface area contributed by atoms with Crippen LogP contribution in [0.1, 0.15) is 5.56 Å². The van der Waals surface area contributed by atoms with Crippen LogP contribution in [-0.4, -0.2) is 0 Å². The first-order valence-corrected chi connectivity index (χ1v) is 9.11. The lowest BCUT2D eigenvalue weighted by Crippen LogP contribution is -1.78. The smallest absolute Gasteiger partial charge is 0.135 e. The molecule has 2 heteroatoms. The monoisotopic (exact) mass is 348 g/mol. The molecule has 2 aromatic heterocycles. The Morgan fingerprint density at radius 2 is 1.00 bits per heavy atom. The van der Waals surface area contributed by atoms with E-state index in [2.05, 4.69) is 67.6 Å². The van der Waals surface area contributed by atoms with Gasteiger partial charge in [0.05, 0.1) is 0 Å². The molecular formula is C25H16O2. The fourth-order valence-electron chi connectivity index (χ4n) is 3.98. The van der Waals surface area contributed by atoms with E-state index in [1.165, 1.54) is 22.1 Å². The Morgan fingerprint density at radius 3 is 1.70 bits per heavy atom. The summed E-state index contributed by atoms with van der Waals surface area (Å²) >= 11 is 0. The van der Waals surface area contributed by atoms with Crippen molar-refractivity contribution in [1.82, 2.24) is 0 Å². The van der Waals surface area contributed by atoms with Crippen molar-refractivity contribution in [3.05, 3.63) is 84.4 Å². The van der Waals surface area contributed by atoms with E-state index in [-0.39, 0.29) is 0 Å². The molecule has 0 saturated heterocycles. The van der Waals surface area contributed by atoms with Gasteiger partial charge < -0.3 is 8.83 Å². The van der Waals surface area contributed by atoms with Crippen LogP contribution in [0.4, 0.5) is 0 Å². The largest absolute Gasteiger partial charge is 0.456 e. The highest BCUT2D eigenvalue weighted by Gasteiger charge is 2.11. The van der Waals surface area contributed by atoms with Gasteiger partial charge >= 0.3 is 0 Å². The first-order valence-electron chi connectivity index (χ1n) is 9.11. The zero-order chi connectivity index (χ0) is 18.0. The average molecular weight is 348 g/mol. The van der Waals surface area contributed by atoms with Crippen LogP contribution in [0.15, 0.2) is 87.7 Å². The molecule has 0 N–H and O–H groups in total. The number of furan rings is 2. The zero-order valence-corrected chi connectivity index (χ0v) is 14.8. The van der Waals surface area contributed by atoms with Gasteiger partial charge in [0.25, 0.3) is 0 Å². The summed E-state index contributed by atoms with van der Waals surface area (Å²) in [4.78, 5) is 0. The number of para-hydroxylation sites is 1. The Morgan fingerprint density at radius 1 is 0.481 bits per heavy atom. The van der Waals surface area contributed by atoms with Crippen LogP contribution in [0.2, 0.25) is 0 Å². The van der Waals surface area contributed by atoms with Gasteiger partial charge in [0.1, 0.15) is 22.3 Å². The number of fused-ring (bicyclic) bond motifs is 6. The molecule has 0 atom stereocenters. The van der Waals surface area contributed by atoms with Crippen molar-refractivity contribution in [2.45, 2.75) is 6.92 Å². The number of benzene rings is 4. The van der Waals surface area contributed by atoms with E-state index in [0.717, 1.165) is 38.5 Å². The second-order valence-corrected chi connectivity index (χ2v) is 7.12. The fraction of sp³-hybridized carbons (Fsp3) is 0.0400. The van der Waals surface area contributed by atoms with Gasteiger partial charge in [0, 0.05) is 21.5 Å². The summed E-state index contributed by atoms with van der Waals surface area (Å²) in [5.74, 6) is 0. The van der Waals surface area contributed by atoms with Crippen LogP contribution in [0.5, 0.6) is 0 Å². The second kappa shape index (κ2) is 5.24. The van der Waals surface area contributed by atoms with Crippen molar-refractivity contribution in [1.29, 1.82) is 0 Å². The molecule has 27 heavy (non-hydrogen) atoms. The van der Waals surface area contributed by atoms with Crippen molar-refractivity contribution in [3.8, 4) is 11.1 Å². The number of rotatable bonds is 1. The van der Waals surface area contributed by atoms with E-state index < -0.39 is 0 Å². The number of hydrogen-bond acceptors (Lipinski definition) is 2. The van der Waals surface area contributed by atoms with Gasteiger partial charge in [0.15, 0.2) is 0 Å². The van der Waals surface area contributed by atoms with Gasteiger partial charge in [-0.2, -0.15) is 0 Å². The minimum Gasteiger partial charge on any atom is -0.456 e. The summed E-state index contributed by atoms with van der Waals surface area (Å²) in [5, 5.41) is 4.63. The van der Waals surface area contributed by atoms with Crippen molar-refractivity contribution in [2.24, 2.45) is 0 Å². The molecule has 0 saturated carbocycles. The topological polar surface area (TPSA) is 26.3 Å².